The van der Waals surface area contributed by atoms with Gasteiger partial charge in [-0.15, -0.1) is 0 Å². The zero-order valence-electron chi connectivity index (χ0n) is 14.0. The molecule has 22 heavy (non-hydrogen) atoms. The molecule has 0 atom stereocenters. The normalized spacial score (nSPS) is 15.5. The maximum Gasteiger partial charge on any atom is 0.410 e. The minimum atomic E-state index is -0.480. The average Bonchev–Trinajstić information content (AvgIpc) is 2.75. The van der Waals surface area contributed by atoms with Gasteiger partial charge in [0.25, 0.3) is 0 Å². The van der Waals surface area contributed by atoms with Gasteiger partial charge in [-0.3, -0.25) is 14.6 Å². The molecule has 7 nitrogen and oxygen atoms in total. The first-order valence-corrected chi connectivity index (χ1v) is 7.49. The molecule has 0 unspecified atom stereocenters. The first-order chi connectivity index (χ1) is 10.3. The number of carbonyl (C=O) groups excluding carboxylic acids is 1. The van der Waals surface area contributed by atoms with E-state index in [4.69, 9.17) is 4.74 Å². The number of aromatic nitrogens is 2. The van der Waals surface area contributed by atoms with Crippen molar-refractivity contribution in [2.75, 3.05) is 19.6 Å². The molecular weight excluding hydrogens is 282 g/mol. The van der Waals surface area contributed by atoms with E-state index in [1.165, 1.54) is 0 Å². The number of rotatable bonds is 2. The van der Waals surface area contributed by atoms with Crippen LogP contribution in [0.2, 0.25) is 0 Å². The van der Waals surface area contributed by atoms with Crippen molar-refractivity contribution in [3.63, 3.8) is 0 Å². The van der Waals surface area contributed by atoms with Crippen LogP contribution in [0.1, 0.15) is 32.0 Å². The molecule has 2 rings (SSSR count). The Morgan fingerprint density at radius 3 is 2.77 bits per heavy atom. The van der Waals surface area contributed by atoms with Crippen LogP contribution in [0.25, 0.3) is 0 Å². The van der Waals surface area contributed by atoms with Crippen LogP contribution in [0, 0.1) is 6.92 Å². The van der Waals surface area contributed by atoms with Crippen LogP contribution in [0.3, 0.4) is 0 Å². The van der Waals surface area contributed by atoms with E-state index >= 15 is 0 Å². The second-order valence-electron chi connectivity index (χ2n) is 6.46. The van der Waals surface area contributed by atoms with E-state index in [1.54, 1.807) is 4.90 Å². The largest absolute Gasteiger partial charge is 0.444 e. The maximum atomic E-state index is 12.1. The molecule has 0 fully saturated rings. The lowest BCUT2D eigenvalue weighted by Gasteiger charge is -2.29. The van der Waals surface area contributed by atoms with Gasteiger partial charge in [-0.25, -0.2) is 4.79 Å². The number of nitrogens with one attached hydrogen (secondary N) is 1. The van der Waals surface area contributed by atoms with Crippen LogP contribution < -0.4 is 5.32 Å². The molecule has 0 aromatic carbocycles. The van der Waals surface area contributed by atoms with Crippen LogP contribution in [-0.2, 0) is 18.3 Å². The Hall–Kier alpha value is -2.05. The predicted molar refractivity (Wildman–Crippen MR) is 84.9 cm³/mol. The van der Waals surface area contributed by atoms with Gasteiger partial charge in [0.2, 0.25) is 0 Å². The van der Waals surface area contributed by atoms with Crippen molar-refractivity contribution in [1.82, 2.24) is 20.0 Å². The Kier molecular flexibility index (Phi) is 4.73. The van der Waals surface area contributed by atoms with Gasteiger partial charge in [-0.2, -0.15) is 5.10 Å². The second kappa shape index (κ2) is 6.37. The van der Waals surface area contributed by atoms with Crippen molar-refractivity contribution in [3.8, 4) is 0 Å². The first kappa shape index (κ1) is 16.3. The monoisotopic (exact) mass is 307 g/mol. The van der Waals surface area contributed by atoms with Gasteiger partial charge in [0.15, 0.2) is 0 Å². The van der Waals surface area contributed by atoms with Crippen LogP contribution in [0.15, 0.2) is 11.2 Å². The molecule has 0 saturated carbocycles. The molecule has 1 amide bonds. The summed E-state index contributed by atoms with van der Waals surface area (Å²) < 4.78 is 7.24. The third-order valence-electron chi connectivity index (χ3n) is 3.48. The highest BCUT2D eigenvalue weighted by molar-refractivity contribution is 5.87. The fourth-order valence-electron chi connectivity index (χ4n) is 2.12. The van der Waals surface area contributed by atoms with Crippen LogP contribution in [-0.4, -0.2) is 51.8 Å². The van der Waals surface area contributed by atoms with Crippen molar-refractivity contribution >= 4 is 11.9 Å². The fraction of sp³-hybridized carbons (Fsp3) is 0.667. The number of amides is 1. The molecule has 0 aliphatic carbocycles. The molecule has 1 aromatic heterocycles. The fourth-order valence-corrected chi connectivity index (χ4v) is 2.12. The molecule has 0 radical (unpaired) electrons. The summed E-state index contributed by atoms with van der Waals surface area (Å²) in [4.78, 5) is 18.2. The Bertz CT molecular complexity index is 571. The topological polar surface area (TPSA) is 71.8 Å². The third kappa shape index (κ3) is 4.22. The third-order valence-corrected chi connectivity index (χ3v) is 3.48. The van der Waals surface area contributed by atoms with Gasteiger partial charge in [-0.1, -0.05) is 0 Å². The first-order valence-electron chi connectivity index (χ1n) is 7.49. The van der Waals surface area contributed by atoms with Gasteiger partial charge in [0.05, 0.1) is 19.3 Å². The van der Waals surface area contributed by atoms with Crippen molar-refractivity contribution in [2.24, 2.45) is 12.0 Å². The summed E-state index contributed by atoms with van der Waals surface area (Å²) in [5, 5.41) is 7.50. The van der Waals surface area contributed by atoms with E-state index in [0.29, 0.717) is 26.2 Å². The van der Waals surface area contributed by atoms with Crippen LogP contribution in [0.5, 0.6) is 0 Å². The molecule has 7 heteroatoms. The predicted octanol–water partition coefficient (Wildman–Crippen LogP) is 1.47. The standard InChI is InChI=1S/C15H25N5O2/c1-11-12(9-18-19(11)5)8-17-13-10-20(7-6-16-13)14(21)22-15(2,3)4/h9H,6-8,10H2,1-5H3,(H,16,17). The zero-order valence-corrected chi connectivity index (χ0v) is 14.0. The Labute approximate surface area is 131 Å². The molecule has 0 spiro atoms. The molecule has 0 saturated heterocycles. The maximum absolute atomic E-state index is 12.1. The minimum Gasteiger partial charge on any atom is -0.444 e. The number of aliphatic imine (C=N–C) groups is 1. The molecule has 1 aromatic rings. The molecule has 122 valence electrons. The highest BCUT2D eigenvalue weighted by Gasteiger charge is 2.24. The summed E-state index contributed by atoms with van der Waals surface area (Å²) >= 11 is 0. The molecular formula is C15H25N5O2. The lowest BCUT2D eigenvalue weighted by Crippen LogP contribution is -2.47. The average molecular weight is 307 g/mol. The van der Waals surface area contributed by atoms with E-state index in [0.717, 1.165) is 17.1 Å². The minimum absolute atomic E-state index is 0.292. The zero-order chi connectivity index (χ0) is 16.3. The summed E-state index contributed by atoms with van der Waals surface area (Å²) in [7, 11) is 1.92. The summed E-state index contributed by atoms with van der Waals surface area (Å²) in [6.45, 7) is 9.92. The quantitative estimate of drug-likeness (QED) is 0.898. The van der Waals surface area contributed by atoms with Gasteiger partial charge >= 0.3 is 6.09 Å². The number of carbonyl (C=O) groups is 1. The Morgan fingerprint density at radius 2 is 2.18 bits per heavy atom. The van der Waals surface area contributed by atoms with Crippen molar-refractivity contribution in [2.45, 2.75) is 39.8 Å². The van der Waals surface area contributed by atoms with Crippen LogP contribution >= 0.6 is 0 Å². The Balaban J connectivity index is 1.89. The molecule has 1 N–H and O–H groups in total. The van der Waals surface area contributed by atoms with Crippen LogP contribution in [0.4, 0.5) is 4.79 Å². The summed E-state index contributed by atoms with van der Waals surface area (Å²) in [6, 6.07) is 0. The van der Waals surface area contributed by atoms with E-state index in [-0.39, 0.29) is 6.09 Å². The smallest absolute Gasteiger partial charge is 0.410 e. The van der Waals surface area contributed by atoms with Crippen molar-refractivity contribution < 1.29 is 9.53 Å². The van der Waals surface area contributed by atoms with Gasteiger partial charge < -0.3 is 10.1 Å². The highest BCUT2D eigenvalue weighted by atomic mass is 16.6. The molecule has 2 heterocycles. The van der Waals surface area contributed by atoms with Crippen molar-refractivity contribution in [1.29, 1.82) is 0 Å². The summed E-state index contributed by atoms with van der Waals surface area (Å²) in [5.41, 5.74) is 1.76. The van der Waals surface area contributed by atoms with E-state index in [2.05, 4.69) is 15.4 Å². The van der Waals surface area contributed by atoms with Gasteiger partial charge in [0, 0.05) is 31.4 Å². The van der Waals surface area contributed by atoms with E-state index < -0.39 is 5.60 Å². The second-order valence-corrected chi connectivity index (χ2v) is 6.46. The summed E-state index contributed by atoms with van der Waals surface area (Å²) in [5.74, 6) is 0.806. The number of nitrogens with zero attached hydrogens (tertiary/aromatic N) is 4. The number of ether oxygens (including phenoxy) is 1. The van der Waals surface area contributed by atoms with E-state index in [9.17, 15) is 4.79 Å². The van der Waals surface area contributed by atoms with Crippen molar-refractivity contribution in [3.05, 3.63) is 17.5 Å². The van der Waals surface area contributed by atoms with Gasteiger partial charge in [-0.05, 0) is 27.7 Å². The highest BCUT2D eigenvalue weighted by Crippen LogP contribution is 2.11. The number of amidine groups is 1. The van der Waals surface area contributed by atoms with Gasteiger partial charge in [0.1, 0.15) is 11.4 Å². The lowest BCUT2D eigenvalue weighted by atomic mass is 10.2. The lowest BCUT2D eigenvalue weighted by molar-refractivity contribution is 0.0276. The number of hydrogen-bond acceptors (Lipinski definition) is 5. The summed E-state index contributed by atoms with van der Waals surface area (Å²) in [6.07, 6.45) is 1.55. The molecule has 1 aliphatic heterocycles. The van der Waals surface area contributed by atoms with E-state index in [1.807, 2.05) is 45.6 Å². The molecule has 0 bridgehead atoms. The molecule has 1 aliphatic rings. The SMILES string of the molecule is Cc1c(CNC2=NCCN(C(=O)OC(C)(C)C)C2)cnn1C. The number of aryl methyl sites for hydroxylation is 1. The Morgan fingerprint density at radius 1 is 1.45 bits per heavy atom. The number of hydrogen-bond donors (Lipinski definition) is 1.